The lowest BCUT2D eigenvalue weighted by Crippen LogP contribution is -1.83. The van der Waals surface area contributed by atoms with E-state index in [4.69, 9.17) is 11.6 Å². The summed E-state index contributed by atoms with van der Waals surface area (Å²) in [4.78, 5) is 10.5. The Morgan fingerprint density at radius 3 is 1.64 bits per heavy atom. The van der Waals surface area contributed by atoms with E-state index in [2.05, 4.69) is 55.5 Å². The Kier molecular flexibility index (Phi) is 17.1. The second kappa shape index (κ2) is 18.0. The number of unbranched alkanes of at least 4 members (excludes halogenated alkanes) is 4. The molecule has 0 saturated carbocycles. The molecule has 0 bridgehead atoms. The smallest absolute Gasteiger partial charge is 0.221 e. The Hall–Kier alpha value is -1.08. The van der Waals surface area contributed by atoms with Gasteiger partial charge in [0.1, 0.15) is 0 Å². The third kappa shape index (κ3) is 18.9. The van der Waals surface area contributed by atoms with Crippen LogP contribution in [0.3, 0.4) is 0 Å². The first kappa shape index (κ1) is 20.9. The number of allylic oxidation sites excluding steroid dienone is 8. The van der Waals surface area contributed by atoms with Crippen LogP contribution in [0, 0.1) is 0 Å². The van der Waals surface area contributed by atoms with E-state index in [0.29, 0.717) is 6.42 Å². The minimum Gasteiger partial charge on any atom is -0.281 e. The summed E-state index contributed by atoms with van der Waals surface area (Å²) in [5.74, 6) is 0. The molecule has 0 heterocycles. The van der Waals surface area contributed by atoms with Crippen LogP contribution in [0.1, 0.15) is 71.1 Å². The van der Waals surface area contributed by atoms with Crippen LogP contribution in [-0.2, 0) is 4.79 Å². The van der Waals surface area contributed by atoms with Crippen molar-refractivity contribution < 1.29 is 4.79 Å². The van der Waals surface area contributed by atoms with E-state index in [1.165, 1.54) is 25.7 Å². The van der Waals surface area contributed by atoms with Crippen LogP contribution >= 0.6 is 11.6 Å². The molecule has 124 valence electrons. The molecule has 2 heteroatoms. The van der Waals surface area contributed by atoms with Crippen molar-refractivity contribution >= 4 is 16.8 Å². The van der Waals surface area contributed by atoms with Gasteiger partial charge in [0.05, 0.1) is 0 Å². The monoisotopic (exact) mass is 322 g/mol. The molecule has 0 aromatic rings. The molecule has 1 nitrogen and oxygen atoms in total. The predicted octanol–water partition coefficient (Wildman–Crippen LogP) is 6.90. The van der Waals surface area contributed by atoms with E-state index in [1.807, 2.05) is 0 Å². The summed E-state index contributed by atoms with van der Waals surface area (Å²) in [6.07, 6.45) is 28.0. The fraction of sp³-hybridized carbons (Fsp3) is 0.550. The van der Waals surface area contributed by atoms with E-state index in [-0.39, 0.29) is 5.24 Å². The topological polar surface area (TPSA) is 17.1 Å². The zero-order valence-corrected chi connectivity index (χ0v) is 14.7. The number of halogens is 1. The van der Waals surface area contributed by atoms with Crippen molar-refractivity contribution in [1.29, 1.82) is 0 Å². The highest BCUT2D eigenvalue weighted by molar-refractivity contribution is 6.63. The molecule has 0 spiro atoms. The predicted molar refractivity (Wildman–Crippen MR) is 99.3 cm³/mol. The van der Waals surface area contributed by atoms with Crippen molar-refractivity contribution in [2.45, 2.75) is 71.1 Å². The van der Waals surface area contributed by atoms with Crippen molar-refractivity contribution in [3.05, 3.63) is 48.6 Å². The molecule has 0 aromatic carbocycles. The minimum atomic E-state index is -0.240. The summed E-state index contributed by atoms with van der Waals surface area (Å²) < 4.78 is 0. The van der Waals surface area contributed by atoms with Crippen LogP contribution in [0.5, 0.6) is 0 Å². The van der Waals surface area contributed by atoms with E-state index in [0.717, 1.165) is 32.1 Å². The third-order valence-corrected chi connectivity index (χ3v) is 3.39. The van der Waals surface area contributed by atoms with E-state index < -0.39 is 0 Å². The van der Waals surface area contributed by atoms with Crippen LogP contribution in [-0.4, -0.2) is 5.24 Å². The van der Waals surface area contributed by atoms with Crippen molar-refractivity contribution in [1.82, 2.24) is 0 Å². The van der Waals surface area contributed by atoms with Crippen LogP contribution in [0.4, 0.5) is 0 Å². The van der Waals surface area contributed by atoms with Gasteiger partial charge < -0.3 is 0 Å². The van der Waals surface area contributed by atoms with Crippen LogP contribution in [0.15, 0.2) is 48.6 Å². The summed E-state index contributed by atoms with van der Waals surface area (Å²) in [6, 6.07) is 0. The highest BCUT2D eigenvalue weighted by Gasteiger charge is 1.92. The van der Waals surface area contributed by atoms with Crippen molar-refractivity contribution in [2.24, 2.45) is 0 Å². The normalized spacial score (nSPS) is 12.5. The first-order chi connectivity index (χ1) is 10.8. The highest BCUT2D eigenvalue weighted by atomic mass is 35.5. The Morgan fingerprint density at radius 1 is 0.727 bits per heavy atom. The number of carbonyl (C=O) groups is 1. The quantitative estimate of drug-likeness (QED) is 0.193. The van der Waals surface area contributed by atoms with Gasteiger partial charge in [-0.1, -0.05) is 68.4 Å². The second-order valence-corrected chi connectivity index (χ2v) is 5.76. The van der Waals surface area contributed by atoms with Gasteiger partial charge in [-0.05, 0) is 56.5 Å². The average molecular weight is 323 g/mol. The average Bonchev–Trinajstić information content (AvgIpc) is 2.50. The molecular formula is C20H31ClO. The van der Waals surface area contributed by atoms with E-state index in [9.17, 15) is 4.79 Å². The van der Waals surface area contributed by atoms with Gasteiger partial charge in [0.15, 0.2) is 0 Å². The first-order valence-electron chi connectivity index (χ1n) is 8.55. The number of hydrogen-bond donors (Lipinski definition) is 0. The third-order valence-electron chi connectivity index (χ3n) is 3.20. The fourth-order valence-electron chi connectivity index (χ4n) is 1.92. The summed E-state index contributed by atoms with van der Waals surface area (Å²) in [5.41, 5.74) is 0. The molecule has 0 N–H and O–H groups in total. The molecule has 0 aliphatic heterocycles. The largest absolute Gasteiger partial charge is 0.281 e. The highest BCUT2D eigenvalue weighted by Crippen LogP contribution is 2.02. The van der Waals surface area contributed by atoms with Crippen LogP contribution < -0.4 is 0 Å². The van der Waals surface area contributed by atoms with Crippen molar-refractivity contribution in [3.8, 4) is 0 Å². The fourth-order valence-corrected chi connectivity index (χ4v) is 2.05. The summed E-state index contributed by atoms with van der Waals surface area (Å²) in [6.45, 7) is 2.24. The molecule has 0 atom stereocenters. The summed E-state index contributed by atoms with van der Waals surface area (Å²) in [7, 11) is 0. The van der Waals surface area contributed by atoms with Gasteiger partial charge in [-0.3, -0.25) is 4.79 Å². The maximum absolute atomic E-state index is 10.5. The zero-order chi connectivity index (χ0) is 16.3. The number of rotatable bonds is 14. The molecule has 0 unspecified atom stereocenters. The standard InChI is InChI=1S/C20H31ClO/c1-2-3-4-5-6-7-8-9-10-11-12-13-14-15-16-17-18-19-20(21)22/h6-7,9-10,12-13,15-16H,2-5,8,11,14,17-19H2,1H3/b7-6+,10-9+,13-12+,16-15+. The van der Waals surface area contributed by atoms with Gasteiger partial charge in [-0.15, -0.1) is 0 Å². The van der Waals surface area contributed by atoms with Crippen molar-refractivity contribution in [2.75, 3.05) is 0 Å². The van der Waals surface area contributed by atoms with Gasteiger partial charge in [-0.25, -0.2) is 0 Å². The number of carbonyl (C=O) groups excluding carboxylic acids is 1. The Balaban J connectivity index is 3.40. The Morgan fingerprint density at radius 2 is 1.18 bits per heavy atom. The van der Waals surface area contributed by atoms with E-state index in [1.54, 1.807) is 0 Å². The molecule has 0 fully saturated rings. The maximum atomic E-state index is 10.5. The molecule has 0 aliphatic carbocycles. The van der Waals surface area contributed by atoms with Gasteiger partial charge >= 0.3 is 0 Å². The second-order valence-electron chi connectivity index (χ2n) is 5.34. The molecule has 0 aliphatic rings. The Bertz CT molecular complexity index is 364. The molecule has 0 radical (unpaired) electrons. The van der Waals surface area contributed by atoms with Crippen LogP contribution in [0.25, 0.3) is 0 Å². The summed E-state index contributed by atoms with van der Waals surface area (Å²) in [5, 5.41) is -0.240. The number of hydrogen-bond acceptors (Lipinski definition) is 1. The van der Waals surface area contributed by atoms with Gasteiger partial charge in [-0.2, -0.15) is 0 Å². The molecular weight excluding hydrogens is 292 g/mol. The summed E-state index contributed by atoms with van der Waals surface area (Å²) >= 11 is 5.26. The lowest BCUT2D eigenvalue weighted by Gasteiger charge is -1.90. The SMILES string of the molecule is CCCCC/C=C/C/C=C/C/C=C/C/C=C/CCCC(=O)Cl. The Labute approximate surface area is 141 Å². The van der Waals surface area contributed by atoms with Crippen LogP contribution in [0.2, 0.25) is 0 Å². The zero-order valence-electron chi connectivity index (χ0n) is 14.0. The molecule has 0 aromatic heterocycles. The first-order valence-corrected chi connectivity index (χ1v) is 8.93. The van der Waals surface area contributed by atoms with E-state index >= 15 is 0 Å². The molecule has 0 rings (SSSR count). The lowest BCUT2D eigenvalue weighted by molar-refractivity contribution is -0.111. The van der Waals surface area contributed by atoms with Gasteiger partial charge in [0.2, 0.25) is 5.24 Å². The molecule has 0 amide bonds. The molecule has 22 heavy (non-hydrogen) atoms. The lowest BCUT2D eigenvalue weighted by atomic mass is 10.2. The van der Waals surface area contributed by atoms with Crippen molar-refractivity contribution in [3.63, 3.8) is 0 Å². The van der Waals surface area contributed by atoms with Gasteiger partial charge in [0, 0.05) is 6.42 Å². The van der Waals surface area contributed by atoms with Gasteiger partial charge in [0.25, 0.3) is 0 Å². The molecule has 0 saturated heterocycles. The maximum Gasteiger partial charge on any atom is 0.221 e. The minimum absolute atomic E-state index is 0.240.